The number of hydrogen-bond donors (Lipinski definition) is 2. The topological polar surface area (TPSA) is 86.9 Å². The fraction of sp³-hybridized carbons (Fsp3) is 0.429. The highest BCUT2D eigenvalue weighted by Gasteiger charge is 2.12. The monoisotopic (exact) mass is 168 g/mol. The van der Waals surface area contributed by atoms with Crippen LogP contribution >= 0.6 is 0 Å². The molecule has 1 aromatic heterocycles. The summed E-state index contributed by atoms with van der Waals surface area (Å²) in [6, 6.07) is -0.444. The number of primary amides is 1. The van der Waals surface area contributed by atoms with Crippen LogP contribution in [0, 0.1) is 6.92 Å². The van der Waals surface area contributed by atoms with Gasteiger partial charge in [0.05, 0.1) is 0 Å². The van der Waals surface area contributed by atoms with Gasteiger partial charge in [0.2, 0.25) is 5.91 Å². The lowest BCUT2D eigenvalue weighted by Gasteiger charge is -2.05. The molecule has 0 aliphatic carbocycles. The smallest absolute Gasteiger partial charge is 0.241 e. The maximum absolute atomic E-state index is 10.7. The van der Waals surface area contributed by atoms with Gasteiger partial charge < -0.3 is 11.5 Å². The number of amides is 1. The third-order valence-corrected chi connectivity index (χ3v) is 1.76. The number of hydrogen-bond acceptors (Lipinski definition) is 3. The Morgan fingerprint density at radius 3 is 2.67 bits per heavy atom. The van der Waals surface area contributed by atoms with Gasteiger partial charge in [-0.3, -0.25) is 9.48 Å². The summed E-state index contributed by atoms with van der Waals surface area (Å²) in [5.74, 6) is 0.0144. The normalized spacial score (nSPS) is 12.8. The lowest BCUT2D eigenvalue weighted by molar-refractivity contribution is -0.120. The number of aromatic nitrogens is 2. The van der Waals surface area contributed by atoms with Crippen LogP contribution in [-0.4, -0.2) is 15.7 Å². The van der Waals surface area contributed by atoms with E-state index in [9.17, 15) is 4.79 Å². The first-order valence-electron chi connectivity index (χ1n) is 3.63. The van der Waals surface area contributed by atoms with E-state index in [0.29, 0.717) is 5.82 Å². The lowest BCUT2D eigenvalue weighted by atomic mass is 10.3. The molecule has 0 bridgehead atoms. The van der Waals surface area contributed by atoms with Crippen LogP contribution < -0.4 is 11.5 Å². The van der Waals surface area contributed by atoms with Gasteiger partial charge in [0.15, 0.2) is 0 Å². The van der Waals surface area contributed by atoms with Crippen LogP contribution in [0.2, 0.25) is 0 Å². The Morgan fingerprint density at radius 1 is 1.75 bits per heavy atom. The van der Waals surface area contributed by atoms with Crippen molar-refractivity contribution in [3.05, 3.63) is 11.8 Å². The van der Waals surface area contributed by atoms with Crippen molar-refractivity contribution in [2.75, 3.05) is 5.73 Å². The molecule has 5 nitrogen and oxygen atoms in total. The summed E-state index contributed by atoms with van der Waals surface area (Å²) in [5, 5.41) is 3.92. The van der Waals surface area contributed by atoms with E-state index in [1.807, 2.05) is 6.92 Å². The van der Waals surface area contributed by atoms with Crippen LogP contribution in [0.15, 0.2) is 6.20 Å². The van der Waals surface area contributed by atoms with E-state index in [4.69, 9.17) is 11.5 Å². The first-order chi connectivity index (χ1) is 5.52. The molecule has 12 heavy (non-hydrogen) atoms. The van der Waals surface area contributed by atoms with Crippen LogP contribution in [-0.2, 0) is 4.79 Å². The molecule has 1 rings (SSSR count). The number of nitrogen functional groups attached to an aromatic ring is 1. The van der Waals surface area contributed by atoms with E-state index < -0.39 is 11.9 Å². The zero-order chi connectivity index (χ0) is 9.30. The Bertz CT molecular complexity index is 285. The maximum atomic E-state index is 10.7. The molecule has 66 valence electrons. The fourth-order valence-electron chi connectivity index (χ4n) is 0.825. The van der Waals surface area contributed by atoms with E-state index in [1.54, 1.807) is 13.1 Å². The summed E-state index contributed by atoms with van der Waals surface area (Å²) in [6.45, 7) is 3.50. The SMILES string of the molecule is Cc1cn(C(C)C(N)=O)nc1N. The number of nitrogens with zero attached hydrogens (tertiary/aromatic N) is 2. The highest BCUT2D eigenvalue weighted by atomic mass is 16.1. The Morgan fingerprint density at radius 2 is 2.33 bits per heavy atom. The summed E-state index contributed by atoms with van der Waals surface area (Å²) >= 11 is 0. The third-order valence-electron chi connectivity index (χ3n) is 1.76. The Kier molecular flexibility index (Phi) is 2.03. The molecule has 5 heteroatoms. The molecule has 0 aromatic carbocycles. The molecule has 1 aromatic rings. The number of anilines is 1. The standard InChI is InChI=1S/C7H12N4O/c1-4-3-11(10-6(4)8)5(2)7(9)12/h3,5H,1-2H3,(H2,8,10)(H2,9,12). The van der Waals surface area contributed by atoms with Crippen LogP contribution in [0.25, 0.3) is 0 Å². The summed E-state index contributed by atoms with van der Waals surface area (Å²) in [4.78, 5) is 10.7. The van der Waals surface area contributed by atoms with Crippen LogP contribution in [0.5, 0.6) is 0 Å². The summed E-state index contributed by atoms with van der Waals surface area (Å²) in [5.41, 5.74) is 11.4. The minimum absolute atomic E-state index is 0.419. The van der Waals surface area contributed by atoms with Gasteiger partial charge in [-0.15, -0.1) is 0 Å². The quantitative estimate of drug-likeness (QED) is 0.642. The van der Waals surface area contributed by atoms with Gasteiger partial charge in [-0.05, 0) is 13.8 Å². The Hall–Kier alpha value is -1.52. The molecule has 1 atom stereocenters. The number of carbonyl (C=O) groups is 1. The van der Waals surface area contributed by atoms with Crippen molar-refractivity contribution in [1.82, 2.24) is 9.78 Å². The highest BCUT2D eigenvalue weighted by Crippen LogP contribution is 2.11. The summed E-state index contributed by atoms with van der Waals surface area (Å²) in [6.07, 6.45) is 1.70. The summed E-state index contributed by atoms with van der Waals surface area (Å²) < 4.78 is 1.47. The largest absolute Gasteiger partial charge is 0.382 e. The Balaban J connectivity index is 2.96. The highest BCUT2D eigenvalue weighted by molar-refractivity contribution is 5.77. The molecule has 0 aliphatic heterocycles. The third kappa shape index (κ3) is 1.39. The molecular formula is C7H12N4O. The van der Waals surface area contributed by atoms with Gasteiger partial charge in [-0.1, -0.05) is 0 Å². The fourth-order valence-corrected chi connectivity index (χ4v) is 0.825. The number of carbonyl (C=O) groups excluding carboxylic acids is 1. The number of aryl methyl sites for hydroxylation is 1. The second-order valence-corrected chi connectivity index (χ2v) is 2.76. The predicted octanol–water partition coefficient (Wildman–Crippen LogP) is -0.180. The number of rotatable bonds is 2. The van der Waals surface area contributed by atoms with Crippen molar-refractivity contribution >= 4 is 11.7 Å². The van der Waals surface area contributed by atoms with Gasteiger partial charge >= 0.3 is 0 Å². The van der Waals surface area contributed by atoms with Gasteiger partial charge in [0, 0.05) is 11.8 Å². The van der Waals surface area contributed by atoms with Crippen LogP contribution in [0.3, 0.4) is 0 Å². The molecule has 1 heterocycles. The van der Waals surface area contributed by atoms with Crippen LogP contribution in [0.1, 0.15) is 18.5 Å². The molecule has 0 radical (unpaired) electrons. The molecule has 1 unspecified atom stereocenters. The molecule has 1 amide bonds. The first kappa shape index (κ1) is 8.58. The van der Waals surface area contributed by atoms with Gasteiger partial charge in [-0.25, -0.2) is 0 Å². The molecular weight excluding hydrogens is 156 g/mol. The van der Waals surface area contributed by atoms with E-state index >= 15 is 0 Å². The molecule has 0 saturated heterocycles. The zero-order valence-electron chi connectivity index (χ0n) is 7.11. The van der Waals surface area contributed by atoms with Crippen molar-refractivity contribution in [2.45, 2.75) is 19.9 Å². The van der Waals surface area contributed by atoms with Gasteiger partial charge in [0.25, 0.3) is 0 Å². The van der Waals surface area contributed by atoms with Crippen molar-refractivity contribution in [1.29, 1.82) is 0 Å². The Labute approximate surface area is 70.3 Å². The minimum Gasteiger partial charge on any atom is -0.382 e. The van der Waals surface area contributed by atoms with E-state index in [2.05, 4.69) is 5.10 Å². The number of nitrogens with two attached hydrogens (primary N) is 2. The van der Waals surface area contributed by atoms with E-state index in [0.717, 1.165) is 5.56 Å². The average Bonchev–Trinajstić information content (AvgIpc) is 2.30. The van der Waals surface area contributed by atoms with Crippen molar-refractivity contribution in [2.24, 2.45) is 5.73 Å². The van der Waals surface area contributed by atoms with Crippen molar-refractivity contribution < 1.29 is 4.79 Å². The lowest BCUT2D eigenvalue weighted by Crippen LogP contribution is -2.24. The second kappa shape index (κ2) is 2.84. The molecule has 4 N–H and O–H groups in total. The second-order valence-electron chi connectivity index (χ2n) is 2.76. The van der Waals surface area contributed by atoms with Crippen molar-refractivity contribution in [3.8, 4) is 0 Å². The van der Waals surface area contributed by atoms with Crippen molar-refractivity contribution in [3.63, 3.8) is 0 Å². The average molecular weight is 168 g/mol. The van der Waals surface area contributed by atoms with Crippen LogP contribution in [0.4, 0.5) is 5.82 Å². The van der Waals surface area contributed by atoms with E-state index in [1.165, 1.54) is 4.68 Å². The molecule has 0 saturated carbocycles. The first-order valence-corrected chi connectivity index (χ1v) is 3.63. The minimum atomic E-state index is -0.444. The zero-order valence-corrected chi connectivity index (χ0v) is 7.11. The summed E-state index contributed by atoms with van der Waals surface area (Å²) in [7, 11) is 0. The molecule has 0 spiro atoms. The van der Waals surface area contributed by atoms with E-state index in [-0.39, 0.29) is 0 Å². The maximum Gasteiger partial charge on any atom is 0.241 e. The molecule has 0 aliphatic rings. The van der Waals surface area contributed by atoms with Gasteiger partial charge in [-0.2, -0.15) is 5.10 Å². The molecule has 0 fully saturated rings. The van der Waals surface area contributed by atoms with Gasteiger partial charge in [0.1, 0.15) is 11.9 Å². The predicted molar refractivity (Wildman–Crippen MR) is 45.3 cm³/mol.